The fourth-order valence-corrected chi connectivity index (χ4v) is 3.75. The smallest absolute Gasteiger partial charge is 0.252 e. The van der Waals surface area contributed by atoms with Gasteiger partial charge in [-0.3, -0.25) is 4.79 Å². The maximum absolute atomic E-state index is 14.1. The highest BCUT2D eigenvalue weighted by Crippen LogP contribution is 2.34. The average Bonchev–Trinajstić information content (AvgIpc) is 3.37. The van der Waals surface area contributed by atoms with Crippen molar-refractivity contribution in [2.75, 3.05) is 5.32 Å². The number of rotatable bonds is 4. The van der Waals surface area contributed by atoms with E-state index in [-0.39, 0.29) is 11.6 Å². The summed E-state index contributed by atoms with van der Waals surface area (Å²) in [4.78, 5) is 11.9. The summed E-state index contributed by atoms with van der Waals surface area (Å²) in [5.41, 5.74) is 8.65. The molecule has 0 spiro atoms. The summed E-state index contributed by atoms with van der Waals surface area (Å²) >= 11 is 6.30. The highest BCUT2D eigenvalue weighted by Gasteiger charge is 2.29. The van der Waals surface area contributed by atoms with E-state index < -0.39 is 12.1 Å². The van der Waals surface area contributed by atoms with E-state index in [0.717, 1.165) is 17.5 Å². The van der Waals surface area contributed by atoms with E-state index in [1.54, 1.807) is 4.52 Å². The Kier molecular flexibility index (Phi) is 8.25. The topological polar surface area (TPSA) is 72.4 Å². The first-order valence-electron chi connectivity index (χ1n) is 9.84. The SMILES string of the molecule is C#C.CC.NC(=O)c1cnn2cc(-c3ccccc3Cl)cc2c1N[C@@H]1CCC[C@@H]1F. The molecule has 3 aromatic rings. The summed E-state index contributed by atoms with van der Waals surface area (Å²) in [5.74, 6) is -0.601. The van der Waals surface area contributed by atoms with E-state index >= 15 is 0 Å². The second-order valence-corrected chi connectivity index (χ2v) is 6.94. The maximum atomic E-state index is 14.1. The van der Waals surface area contributed by atoms with Crippen LogP contribution < -0.4 is 11.1 Å². The second kappa shape index (κ2) is 10.7. The van der Waals surface area contributed by atoms with Gasteiger partial charge in [-0.2, -0.15) is 5.10 Å². The molecule has 5 nitrogen and oxygen atoms in total. The summed E-state index contributed by atoms with van der Waals surface area (Å²) in [6, 6.07) is 9.03. The molecule has 0 saturated heterocycles. The Morgan fingerprint density at radius 2 is 2.00 bits per heavy atom. The minimum absolute atomic E-state index is 0.250. The molecule has 0 unspecified atom stereocenters. The van der Waals surface area contributed by atoms with E-state index in [9.17, 15) is 9.18 Å². The van der Waals surface area contributed by atoms with Gasteiger partial charge in [-0.25, -0.2) is 8.91 Å². The van der Waals surface area contributed by atoms with Crippen molar-refractivity contribution in [3.05, 3.63) is 53.3 Å². The molecule has 0 bridgehead atoms. The number of primary amides is 1. The van der Waals surface area contributed by atoms with Gasteiger partial charge in [0.2, 0.25) is 0 Å². The molecule has 1 aliphatic carbocycles. The van der Waals surface area contributed by atoms with Crippen LogP contribution in [-0.4, -0.2) is 27.7 Å². The van der Waals surface area contributed by atoms with E-state index in [2.05, 4.69) is 23.3 Å². The molecule has 4 rings (SSSR count). The first-order valence-corrected chi connectivity index (χ1v) is 10.2. The lowest BCUT2D eigenvalue weighted by Gasteiger charge is -2.19. The van der Waals surface area contributed by atoms with Gasteiger partial charge in [0, 0.05) is 22.3 Å². The van der Waals surface area contributed by atoms with Crippen LogP contribution in [0.2, 0.25) is 5.02 Å². The Morgan fingerprint density at radius 3 is 2.60 bits per heavy atom. The molecule has 2 heterocycles. The van der Waals surface area contributed by atoms with Crippen molar-refractivity contribution < 1.29 is 9.18 Å². The van der Waals surface area contributed by atoms with Crippen LogP contribution in [0.15, 0.2) is 42.7 Å². The van der Waals surface area contributed by atoms with Crippen molar-refractivity contribution in [1.82, 2.24) is 9.61 Å². The number of nitrogens with one attached hydrogen (secondary N) is 1. The molecule has 7 heteroatoms. The van der Waals surface area contributed by atoms with Gasteiger partial charge >= 0.3 is 0 Å². The summed E-state index contributed by atoms with van der Waals surface area (Å²) in [5, 5.41) is 8.08. The highest BCUT2D eigenvalue weighted by atomic mass is 35.5. The lowest BCUT2D eigenvalue weighted by molar-refractivity contribution is 0.100. The van der Waals surface area contributed by atoms with Gasteiger partial charge in [0.1, 0.15) is 6.17 Å². The van der Waals surface area contributed by atoms with Gasteiger partial charge in [0.25, 0.3) is 5.91 Å². The molecule has 30 heavy (non-hydrogen) atoms. The number of hydrogen-bond acceptors (Lipinski definition) is 3. The van der Waals surface area contributed by atoms with Gasteiger partial charge in [0.05, 0.1) is 29.0 Å². The summed E-state index contributed by atoms with van der Waals surface area (Å²) in [6.07, 6.45) is 12.4. The Balaban J connectivity index is 0.000000757. The maximum Gasteiger partial charge on any atom is 0.252 e. The van der Waals surface area contributed by atoms with Crippen molar-refractivity contribution >= 4 is 28.7 Å². The zero-order valence-corrected chi connectivity index (χ0v) is 17.9. The number of aromatic nitrogens is 2. The number of terminal acetylenes is 1. The highest BCUT2D eigenvalue weighted by molar-refractivity contribution is 6.33. The molecule has 1 saturated carbocycles. The minimum Gasteiger partial charge on any atom is -0.377 e. The van der Waals surface area contributed by atoms with Crippen molar-refractivity contribution in [3.63, 3.8) is 0 Å². The van der Waals surface area contributed by atoms with Crippen molar-refractivity contribution in [2.45, 2.75) is 45.3 Å². The quantitative estimate of drug-likeness (QED) is 0.551. The molecule has 1 amide bonds. The number of benzene rings is 1. The molecule has 2 aromatic heterocycles. The van der Waals surface area contributed by atoms with E-state index in [1.165, 1.54) is 6.20 Å². The fourth-order valence-electron chi connectivity index (χ4n) is 3.50. The van der Waals surface area contributed by atoms with Crippen LogP contribution in [0.5, 0.6) is 0 Å². The number of carbonyl (C=O) groups excluding carboxylic acids is 1. The number of alkyl halides is 1. The summed E-state index contributed by atoms with van der Waals surface area (Å²) < 4.78 is 15.8. The minimum atomic E-state index is -0.943. The lowest BCUT2D eigenvalue weighted by atomic mass is 10.1. The number of hydrogen-bond donors (Lipinski definition) is 2. The molecule has 0 radical (unpaired) electrons. The molecule has 1 fully saturated rings. The van der Waals surface area contributed by atoms with Crippen molar-refractivity contribution in [3.8, 4) is 24.0 Å². The Morgan fingerprint density at radius 1 is 1.30 bits per heavy atom. The normalized spacial score (nSPS) is 17.4. The van der Waals surface area contributed by atoms with Crippen LogP contribution >= 0.6 is 11.6 Å². The van der Waals surface area contributed by atoms with E-state index in [0.29, 0.717) is 29.1 Å². The average molecular weight is 429 g/mol. The third kappa shape index (κ3) is 4.74. The number of nitrogens with two attached hydrogens (primary N) is 1. The number of fused-ring (bicyclic) bond motifs is 1. The molecule has 2 atom stereocenters. The summed E-state index contributed by atoms with van der Waals surface area (Å²) in [6.45, 7) is 4.00. The zero-order chi connectivity index (χ0) is 22.3. The largest absolute Gasteiger partial charge is 0.377 e. The molecule has 1 aromatic carbocycles. The molecule has 0 aliphatic heterocycles. The monoisotopic (exact) mass is 428 g/mol. The van der Waals surface area contributed by atoms with Crippen molar-refractivity contribution in [2.24, 2.45) is 5.73 Å². The zero-order valence-electron chi connectivity index (χ0n) is 17.1. The predicted octanol–water partition coefficient (Wildman–Crippen LogP) is 5.33. The third-order valence-corrected chi connectivity index (χ3v) is 5.18. The fraction of sp³-hybridized carbons (Fsp3) is 0.304. The van der Waals surface area contributed by atoms with Gasteiger partial charge < -0.3 is 11.1 Å². The lowest BCUT2D eigenvalue weighted by Crippen LogP contribution is -2.27. The van der Waals surface area contributed by atoms with Gasteiger partial charge in [-0.05, 0) is 31.4 Å². The van der Waals surface area contributed by atoms with Crippen LogP contribution in [-0.2, 0) is 0 Å². The van der Waals surface area contributed by atoms with Gasteiger partial charge in [-0.1, -0.05) is 43.6 Å². The summed E-state index contributed by atoms with van der Waals surface area (Å²) in [7, 11) is 0. The molecule has 1 aliphatic rings. The second-order valence-electron chi connectivity index (χ2n) is 6.53. The predicted molar refractivity (Wildman–Crippen MR) is 122 cm³/mol. The van der Waals surface area contributed by atoms with Crippen LogP contribution in [0.25, 0.3) is 16.6 Å². The number of amides is 1. The Hall–Kier alpha value is -3.04. The molecular weight excluding hydrogens is 403 g/mol. The number of halogens is 2. The third-order valence-electron chi connectivity index (χ3n) is 4.85. The van der Waals surface area contributed by atoms with Crippen LogP contribution in [0.4, 0.5) is 10.1 Å². The number of carbonyl (C=O) groups is 1. The van der Waals surface area contributed by atoms with Crippen LogP contribution in [0, 0.1) is 12.8 Å². The first-order chi connectivity index (χ1) is 14.5. The number of nitrogens with zero attached hydrogens (tertiary/aromatic N) is 2. The Bertz CT molecular complexity index is 1030. The van der Waals surface area contributed by atoms with E-state index in [1.807, 2.05) is 50.4 Å². The molecule has 158 valence electrons. The van der Waals surface area contributed by atoms with Crippen molar-refractivity contribution in [1.29, 1.82) is 0 Å². The van der Waals surface area contributed by atoms with Crippen LogP contribution in [0.3, 0.4) is 0 Å². The number of anilines is 1. The van der Waals surface area contributed by atoms with Gasteiger partial charge in [0.15, 0.2) is 0 Å². The van der Waals surface area contributed by atoms with E-state index in [4.69, 9.17) is 17.3 Å². The first kappa shape index (κ1) is 23.2. The standard InChI is InChI=1S/C19H18ClFN4O.C2H6.C2H2/c20-14-5-2-1-4-12(14)11-8-17-18(24-16-7-3-6-15(16)21)13(19(22)26)9-23-25(17)10-11;2*1-2/h1-2,4-5,8-10,15-16,24H,3,6-7H2,(H2,22,26);1-2H3;1-2H/t15-,16+;;/m0../s1. The van der Waals surface area contributed by atoms with Crippen LogP contribution in [0.1, 0.15) is 43.5 Å². The van der Waals surface area contributed by atoms with Gasteiger partial charge in [-0.15, -0.1) is 12.8 Å². The molecule has 3 N–H and O–H groups in total. The Labute approximate surface area is 181 Å². The molecular formula is C23H26ClFN4O.